The molecule has 0 bridgehead atoms. The number of nitrogens with zero attached hydrogens (tertiary/aromatic N) is 2. The number of nitro benzene ring substituents is 1. The van der Waals surface area contributed by atoms with Crippen LogP contribution in [0.3, 0.4) is 0 Å². The van der Waals surface area contributed by atoms with Gasteiger partial charge in [-0.3, -0.25) is 10.1 Å². The van der Waals surface area contributed by atoms with Crippen molar-refractivity contribution in [1.82, 2.24) is 5.16 Å². The van der Waals surface area contributed by atoms with Crippen molar-refractivity contribution in [2.75, 3.05) is 5.73 Å². The SMILES string of the molecule is Cc1ccc([N+](=O)[O-])c(-c2noc(N)c2C)c1. The first-order valence-electron chi connectivity index (χ1n) is 4.98. The topological polar surface area (TPSA) is 95.2 Å². The average Bonchev–Trinajstić information content (AvgIpc) is 2.59. The van der Waals surface area contributed by atoms with Gasteiger partial charge >= 0.3 is 0 Å². The van der Waals surface area contributed by atoms with Crippen LogP contribution >= 0.6 is 0 Å². The van der Waals surface area contributed by atoms with Crippen LogP contribution in [0.25, 0.3) is 11.3 Å². The van der Waals surface area contributed by atoms with Crippen LogP contribution in [-0.4, -0.2) is 10.1 Å². The number of hydrogen-bond donors (Lipinski definition) is 1. The predicted octanol–water partition coefficient (Wildman–Crippen LogP) is 2.45. The van der Waals surface area contributed by atoms with Crippen LogP contribution in [0.1, 0.15) is 11.1 Å². The van der Waals surface area contributed by atoms with Gasteiger partial charge in [0.15, 0.2) is 0 Å². The molecule has 2 aromatic rings. The van der Waals surface area contributed by atoms with Gasteiger partial charge in [0, 0.05) is 11.6 Å². The molecule has 0 aliphatic rings. The van der Waals surface area contributed by atoms with Crippen molar-refractivity contribution in [2.24, 2.45) is 0 Å². The number of aromatic nitrogens is 1. The Kier molecular flexibility index (Phi) is 2.55. The summed E-state index contributed by atoms with van der Waals surface area (Å²) in [4.78, 5) is 10.5. The molecule has 2 N–H and O–H groups in total. The molecule has 88 valence electrons. The van der Waals surface area contributed by atoms with E-state index in [-0.39, 0.29) is 11.6 Å². The molecule has 6 heteroatoms. The van der Waals surface area contributed by atoms with Gasteiger partial charge < -0.3 is 10.3 Å². The Hall–Kier alpha value is -2.37. The first-order valence-corrected chi connectivity index (χ1v) is 4.98. The van der Waals surface area contributed by atoms with Crippen molar-refractivity contribution in [2.45, 2.75) is 13.8 Å². The number of benzene rings is 1. The quantitative estimate of drug-likeness (QED) is 0.634. The largest absolute Gasteiger partial charge is 0.367 e. The predicted molar refractivity (Wildman–Crippen MR) is 62.5 cm³/mol. The van der Waals surface area contributed by atoms with E-state index in [0.717, 1.165) is 5.56 Å². The highest BCUT2D eigenvalue weighted by Gasteiger charge is 2.21. The molecule has 1 aromatic heterocycles. The zero-order valence-electron chi connectivity index (χ0n) is 9.43. The molecule has 6 nitrogen and oxygen atoms in total. The molecule has 2 rings (SSSR count). The minimum absolute atomic E-state index is 0.00741. The molecule has 1 heterocycles. The van der Waals surface area contributed by atoms with Gasteiger partial charge in [-0.15, -0.1) is 0 Å². The third-order valence-corrected chi connectivity index (χ3v) is 2.56. The van der Waals surface area contributed by atoms with Crippen molar-refractivity contribution in [3.8, 4) is 11.3 Å². The van der Waals surface area contributed by atoms with Gasteiger partial charge in [-0.05, 0) is 25.5 Å². The molecule has 0 aliphatic carbocycles. The van der Waals surface area contributed by atoms with Crippen LogP contribution < -0.4 is 5.73 Å². The van der Waals surface area contributed by atoms with Crippen molar-refractivity contribution in [3.63, 3.8) is 0 Å². The monoisotopic (exact) mass is 233 g/mol. The maximum atomic E-state index is 10.9. The highest BCUT2D eigenvalue weighted by molar-refractivity contribution is 5.75. The van der Waals surface area contributed by atoms with Gasteiger partial charge in [0.2, 0.25) is 5.88 Å². The molecule has 0 unspecified atom stereocenters. The number of aryl methyl sites for hydroxylation is 1. The molecular weight excluding hydrogens is 222 g/mol. The Morgan fingerprint density at radius 2 is 2.12 bits per heavy atom. The van der Waals surface area contributed by atoms with E-state index in [1.165, 1.54) is 6.07 Å². The summed E-state index contributed by atoms with van der Waals surface area (Å²) in [6, 6.07) is 4.83. The number of hydrogen-bond acceptors (Lipinski definition) is 5. The molecule has 0 amide bonds. The van der Waals surface area contributed by atoms with E-state index in [4.69, 9.17) is 10.3 Å². The highest BCUT2D eigenvalue weighted by Crippen LogP contribution is 2.33. The first kappa shape index (κ1) is 11.1. The van der Waals surface area contributed by atoms with Crippen molar-refractivity contribution in [1.29, 1.82) is 0 Å². The average molecular weight is 233 g/mol. The molecule has 0 aliphatic heterocycles. The second-order valence-electron chi connectivity index (χ2n) is 3.80. The molecule has 0 saturated carbocycles. The second kappa shape index (κ2) is 3.89. The number of rotatable bonds is 2. The fourth-order valence-corrected chi connectivity index (χ4v) is 1.60. The minimum Gasteiger partial charge on any atom is -0.367 e. The number of anilines is 1. The summed E-state index contributed by atoms with van der Waals surface area (Å²) in [5.74, 6) is 0.177. The van der Waals surface area contributed by atoms with Crippen LogP contribution in [0.5, 0.6) is 0 Å². The summed E-state index contributed by atoms with van der Waals surface area (Å²) in [7, 11) is 0. The lowest BCUT2D eigenvalue weighted by molar-refractivity contribution is -0.384. The Labute approximate surface area is 97.2 Å². The molecule has 0 saturated heterocycles. The highest BCUT2D eigenvalue weighted by atomic mass is 16.6. The van der Waals surface area contributed by atoms with Gasteiger partial charge in [0.05, 0.1) is 10.5 Å². The van der Waals surface area contributed by atoms with Crippen molar-refractivity contribution < 1.29 is 9.45 Å². The molecular formula is C11H11N3O3. The van der Waals surface area contributed by atoms with E-state index in [0.29, 0.717) is 16.8 Å². The third-order valence-electron chi connectivity index (χ3n) is 2.56. The fourth-order valence-electron chi connectivity index (χ4n) is 1.60. The second-order valence-corrected chi connectivity index (χ2v) is 3.80. The Balaban J connectivity index is 2.69. The van der Waals surface area contributed by atoms with Gasteiger partial charge in [-0.25, -0.2) is 0 Å². The molecule has 17 heavy (non-hydrogen) atoms. The number of nitro groups is 1. The lowest BCUT2D eigenvalue weighted by Gasteiger charge is -2.01. The normalized spacial score (nSPS) is 10.5. The van der Waals surface area contributed by atoms with E-state index in [9.17, 15) is 10.1 Å². The Morgan fingerprint density at radius 1 is 1.41 bits per heavy atom. The zero-order chi connectivity index (χ0) is 12.6. The standard InChI is InChI=1S/C11H11N3O3/c1-6-3-4-9(14(15)16)8(5-6)10-7(2)11(12)17-13-10/h3-5H,12H2,1-2H3. The summed E-state index contributed by atoms with van der Waals surface area (Å²) in [5, 5.41) is 14.7. The van der Waals surface area contributed by atoms with E-state index in [1.807, 2.05) is 6.92 Å². The van der Waals surface area contributed by atoms with Crippen LogP contribution in [0.4, 0.5) is 11.6 Å². The smallest absolute Gasteiger partial charge is 0.278 e. The maximum Gasteiger partial charge on any atom is 0.278 e. The maximum absolute atomic E-state index is 10.9. The van der Waals surface area contributed by atoms with Gasteiger partial charge in [-0.1, -0.05) is 11.2 Å². The minimum atomic E-state index is -0.445. The molecule has 0 fully saturated rings. The van der Waals surface area contributed by atoms with Gasteiger partial charge in [0.1, 0.15) is 5.69 Å². The van der Waals surface area contributed by atoms with Gasteiger partial charge in [-0.2, -0.15) is 0 Å². The molecule has 0 atom stereocenters. The third kappa shape index (κ3) is 1.84. The first-order chi connectivity index (χ1) is 8.00. The van der Waals surface area contributed by atoms with E-state index >= 15 is 0 Å². The van der Waals surface area contributed by atoms with Crippen molar-refractivity contribution >= 4 is 11.6 Å². The van der Waals surface area contributed by atoms with Gasteiger partial charge in [0.25, 0.3) is 5.69 Å². The molecule has 0 spiro atoms. The summed E-state index contributed by atoms with van der Waals surface area (Å²) < 4.78 is 4.83. The molecule has 0 radical (unpaired) electrons. The summed E-state index contributed by atoms with van der Waals surface area (Å²) in [5.41, 5.74) is 7.89. The number of nitrogen functional groups attached to an aromatic ring is 1. The van der Waals surface area contributed by atoms with Crippen LogP contribution in [0.15, 0.2) is 22.7 Å². The number of nitrogens with two attached hydrogens (primary N) is 1. The van der Waals surface area contributed by atoms with Crippen molar-refractivity contribution in [3.05, 3.63) is 39.4 Å². The van der Waals surface area contributed by atoms with Crippen LogP contribution in [0, 0.1) is 24.0 Å². The molecule has 1 aromatic carbocycles. The summed E-state index contributed by atoms with van der Waals surface area (Å²) >= 11 is 0. The summed E-state index contributed by atoms with van der Waals surface area (Å²) in [6.07, 6.45) is 0. The lowest BCUT2D eigenvalue weighted by atomic mass is 10.0. The summed E-state index contributed by atoms with van der Waals surface area (Å²) in [6.45, 7) is 3.57. The zero-order valence-corrected chi connectivity index (χ0v) is 9.43. The van der Waals surface area contributed by atoms with E-state index in [2.05, 4.69) is 5.16 Å². The van der Waals surface area contributed by atoms with Crippen LogP contribution in [-0.2, 0) is 0 Å². The van der Waals surface area contributed by atoms with Crippen LogP contribution in [0.2, 0.25) is 0 Å². The Bertz CT molecular complexity index is 590. The lowest BCUT2D eigenvalue weighted by Crippen LogP contribution is -1.94. The Morgan fingerprint density at radius 3 is 2.65 bits per heavy atom. The van der Waals surface area contributed by atoms with E-state index in [1.54, 1.807) is 19.1 Å². The fraction of sp³-hybridized carbons (Fsp3) is 0.182. The van der Waals surface area contributed by atoms with E-state index < -0.39 is 4.92 Å².